The van der Waals surface area contributed by atoms with E-state index < -0.39 is 15.9 Å². The van der Waals surface area contributed by atoms with Crippen LogP contribution >= 0.6 is 11.6 Å². The Hall–Kier alpha value is -2.25. The van der Waals surface area contributed by atoms with E-state index in [1.54, 1.807) is 25.1 Å². The standard InChI is InChI=1S/C14H12ClN3O3S/c1-10-3-2-4-12(15)14(10)22(20,21)18-13(19)6-5-11-7-8-16-9-17-11/h2-9H,1H3,(H,18,19). The summed E-state index contributed by atoms with van der Waals surface area (Å²) >= 11 is 5.91. The summed E-state index contributed by atoms with van der Waals surface area (Å²) < 4.78 is 26.4. The fourth-order valence-electron chi connectivity index (χ4n) is 1.74. The Labute approximate surface area is 132 Å². The Morgan fingerprint density at radius 3 is 2.73 bits per heavy atom. The molecule has 0 saturated carbocycles. The summed E-state index contributed by atoms with van der Waals surface area (Å²) in [5, 5.41) is 0.0556. The van der Waals surface area contributed by atoms with Crippen LogP contribution in [-0.4, -0.2) is 24.3 Å². The maximum absolute atomic E-state index is 12.2. The summed E-state index contributed by atoms with van der Waals surface area (Å²) in [6.07, 6.45) is 5.29. The molecule has 0 unspecified atom stereocenters. The highest BCUT2D eigenvalue weighted by Gasteiger charge is 2.21. The topological polar surface area (TPSA) is 89.0 Å². The fourth-order valence-corrected chi connectivity index (χ4v) is 3.51. The van der Waals surface area contributed by atoms with Crippen LogP contribution in [0, 0.1) is 6.92 Å². The highest BCUT2D eigenvalue weighted by atomic mass is 35.5. The summed E-state index contributed by atoms with van der Waals surface area (Å²) in [4.78, 5) is 19.3. The minimum Gasteiger partial charge on any atom is -0.269 e. The summed E-state index contributed by atoms with van der Waals surface area (Å²) in [5.74, 6) is -0.794. The fraction of sp³-hybridized carbons (Fsp3) is 0.0714. The number of carbonyl (C=O) groups is 1. The number of sulfonamides is 1. The lowest BCUT2D eigenvalue weighted by atomic mass is 10.2. The van der Waals surface area contributed by atoms with Crippen LogP contribution in [0.2, 0.25) is 5.02 Å². The Kier molecular flexibility index (Phi) is 4.89. The van der Waals surface area contributed by atoms with E-state index in [1.807, 2.05) is 4.72 Å². The molecular weight excluding hydrogens is 326 g/mol. The van der Waals surface area contributed by atoms with E-state index in [0.29, 0.717) is 11.3 Å². The molecule has 1 amide bonds. The smallest absolute Gasteiger partial charge is 0.266 e. The monoisotopic (exact) mass is 337 g/mol. The Morgan fingerprint density at radius 1 is 1.32 bits per heavy atom. The first-order valence-corrected chi connectivity index (χ1v) is 8.02. The first-order valence-electron chi connectivity index (χ1n) is 6.16. The number of amides is 1. The van der Waals surface area contributed by atoms with Crippen LogP contribution in [0.25, 0.3) is 6.08 Å². The molecule has 0 radical (unpaired) electrons. The zero-order valence-electron chi connectivity index (χ0n) is 11.5. The van der Waals surface area contributed by atoms with Gasteiger partial charge in [-0.05, 0) is 30.7 Å². The quantitative estimate of drug-likeness (QED) is 0.861. The number of nitrogens with zero attached hydrogens (tertiary/aromatic N) is 2. The number of carbonyl (C=O) groups excluding carboxylic acids is 1. The van der Waals surface area contributed by atoms with Crippen LogP contribution in [0.15, 0.2) is 47.8 Å². The van der Waals surface area contributed by atoms with Crippen LogP contribution in [-0.2, 0) is 14.8 Å². The van der Waals surface area contributed by atoms with Gasteiger partial charge in [-0.3, -0.25) is 4.79 Å². The SMILES string of the molecule is Cc1cccc(Cl)c1S(=O)(=O)NC(=O)C=Cc1ccncn1. The lowest BCUT2D eigenvalue weighted by Crippen LogP contribution is -2.29. The molecule has 0 saturated heterocycles. The molecule has 1 heterocycles. The van der Waals surface area contributed by atoms with E-state index in [1.165, 1.54) is 24.7 Å². The van der Waals surface area contributed by atoms with Gasteiger partial charge in [0.25, 0.3) is 15.9 Å². The van der Waals surface area contributed by atoms with Gasteiger partial charge in [-0.1, -0.05) is 23.7 Å². The molecular formula is C14H12ClN3O3S. The second-order valence-electron chi connectivity index (χ2n) is 4.32. The summed E-state index contributed by atoms with van der Waals surface area (Å²) in [6, 6.07) is 6.26. The second-order valence-corrected chi connectivity index (χ2v) is 6.35. The number of nitrogens with one attached hydrogen (secondary N) is 1. The molecule has 0 aliphatic heterocycles. The molecule has 0 aliphatic carbocycles. The van der Waals surface area contributed by atoms with Crippen molar-refractivity contribution in [1.82, 2.24) is 14.7 Å². The molecule has 0 atom stereocenters. The van der Waals surface area contributed by atoms with Gasteiger partial charge >= 0.3 is 0 Å². The number of aromatic nitrogens is 2. The number of rotatable bonds is 4. The van der Waals surface area contributed by atoms with Crippen molar-refractivity contribution in [3.05, 3.63) is 59.1 Å². The van der Waals surface area contributed by atoms with Crippen molar-refractivity contribution < 1.29 is 13.2 Å². The third-order valence-electron chi connectivity index (χ3n) is 2.68. The van der Waals surface area contributed by atoms with Crippen LogP contribution in [0.1, 0.15) is 11.3 Å². The van der Waals surface area contributed by atoms with Crippen molar-refractivity contribution in [1.29, 1.82) is 0 Å². The minimum atomic E-state index is -4.04. The lowest BCUT2D eigenvalue weighted by Gasteiger charge is -2.09. The Morgan fingerprint density at radius 2 is 2.09 bits per heavy atom. The molecule has 1 aromatic heterocycles. The van der Waals surface area contributed by atoms with Gasteiger partial charge in [0.05, 0.1) is 10.7 Å². The Bertz CT molecular complexity index is 800. The summed E-state index contributed by atoms with van der Waals surface area (Å²) in [5.41, 5.74) is 0.934. The van der Waals surface area contributed by atoms with E-state index in [9.17, 15) is 13.2 Å². The minimum absolute atomic E-state index is 0.0556. The molecule has 2 aromatic rings. The van der Waals surface area contributed by atoms with E-state index in [2.05, 4.69) is 9.97 Å². The third kappa shape index (κ3) is 3.90. The molecule has 0 spiro atoms. The molecule has 114 valence electrons. The van der Waals surface area contributed by atoms with Crippen LogP contribution in [0.5, 0.6) is 0 Å². The van der Waals surface area contributed by atoms with Gasteiger partial charge in [0.2, 0.25) is 0 Å². The van der Waals surface area contributed by atoms with E-state index in [0.717, 1.165) is 6.08 Å². The van der Waals surface area contributed by atoms with E-state index >= 15 is 0 Å². The summed E-state index contributed by atoms with van der Waals surface area (Å²) in [7, 11) is -4.04. The molecule has 6 nitrogen and oxygen atoms in total. The molecule has 2 rings (SSSR count). The van der Waals surface area contributed by atoms with E-state index in [-0.39, 0.29) is 9.92 Å². The molecule has 0 bridgehead atoms. The first kappa shape index (κ1) is 16.1. The van der Waals surface area contributed by atoms with Gasteiger partial charge in [-0.25, -0.2) is 23.1 Å². The van der Waals surface area contributed by atoms with Crippen LogP contribution < -0.4 is 4.72 Å². The molecule has 22 heavy (non-hydrogen) atoms. The Balaban J connectivity index is 2.19. The van der Waals surface area contributed by atoms with Crippen molar-refractivity contribution >= 4 is 33.6 Å². The van der Waals surface area contributed by atoms with Gasteiger partial charge in [0, 0.05) is 12.3 Å². The zero-order valence-corrected chi connectivity index (χ0v) is 13.1. The number of hydrogen-bond acceptors (Lipinski definition) is 5. The number of aryl methyl sites for hydroxylation is 1. The van der Waals surface area contributed by atoms with Crippen molar-refractivity contribution in [2.45, 2.75) is 11.8 Å². The molecule has 8 heteroatoms. The third-order valence-corrected chi connectivity index (χ3v) is 4.65. The van der Waals surface area contributed by atoms with E-state index in [4.69, 9.17) is 11.6 Å². The molecule has 0 aliphatic rings. The molecule has 0 fully saturated rings. The number of benzene rings is 1. The van der Waals surface area contributed by atoms with Crippen LogP contribution in [0.3, 0.4) is 0 Å². The van der Waals surface area contributed by atoms with Gasteiger partial charge in [-0.15, -0.1) is 0 Å². The van der Waals surface area contributed by atoms with Crippen molar-refractivity contribution in [2.24, 2.45) is 0 Å². The lowest BCUT2D eigenvalue weighted by molar-refractivity contribution is -0.114. The maximum Gasteiger partial charge on any atom is 0.266 e. The normalized spacial score (nSPS) is 11.5. The molecule has 1 N–H and O–H groups in total. The highest BCUT2D eigenvalue weighted by Crippen LogP contribution is 2.24. The van der Waals surface area contributed by atoms with Gasteiger partial charge in [0.1, 0.15) is 11.2 Å². The average Bonchev–Trinajstić information content (AvgIpc) is 2.45. The van der Waals surface area contributed by atoms with Crippen molar-refractivity contribution in [3.8, 4) is 0 Å². The maximum atomic E-state index is 12.2. The zero-order chi connectivity index (χ0) is 16.2. The van der Waals surface area contributed by atoms with Gasteiger partial charge in [-0.2, -0.15) is 0 Å². The number of hydrogen-bond donors (Lipinski definition) is 1. The summed E-state index contributed by atoms with van der Waals surface area (Å²) in [6.45, 7) is 1.60. The average molecular weight is 338 g/mol. The van der Waals surface area contributed by atoms with Crippen molar-refractivity contribution in [3.63, 3.8) is 0 Å². The van der Waals surface area contributed by atoms with Gasteiger partial charge < -0.3 is 0 Å². The van der Waals surface area contributed by atoms with Gasteiger partial charge in [0.15, 0.2) is 0 Å². The molecule has 1 aromatic carbocycles. The predicted molar refractivity (Wildman–Crippen MR) is 82.6 cm³/mol. The second kappa shape index (κ2) is 6.67. The predicted octanol–water partition coefficient (Wildman–Crippen LogP) is 1.96. The largest absolute Gasteiger partial charge is 0.269 e. The van der Waals surface area contributed by atoms with Crippen molar-refractivity contribution in [2.75, 3.05) is 0 Å². The highest BCUT2D eigenvalue weighted by molar-refractivity contribution is 7.90. The first-order chi connectivity index (χ1) is 10.4. The van der Waals surface area contributed by atoms with Crippen LogP contribution in [0.4, 0.5) is 0 Å². The number of halogens is 1.